The molecule has 7 nitrogen and oxygen atoms in total. The van der Waals surface area contributed by atoms with Crippen LogP contribution < -0.4 is 15.4 Å². The van der Waals surface area contributed by atoms with E-state index in [0.717, 1.165) is 6.20 Å². The van der Waals surface area contributed by atoms with Gasteiger partial charge in [-0.15, -0.1) is 0 Å². The van der Waals surface area contributed by atoms with E-state index < -0.39 is 18.8 Å². The second kappa shape index (κ2) is 6.77. The van der Waals surface area contributed by atoms with E-state index >= 15 is 0 Å². The van der Waals surface area contributed by atoms with Gasteiger partial charge in [-0.25, -0.2) is 4.79 Å². The van der Waals surface area contributed by atoms with E-state index in [1.54, 1.807) is 0 Å². The molecule has 1 aromatic heterocycles. The molecule has 0 spiro atoms. The number of alkyl halides is 3. The Morgan fingerprint density at radius 2 is 2.27 bits per heavy atom. The molecular formula is C12H15F3N4O3. The fourth-order valence-electron chi connectivity index (χ4n) is 1.89. The van der Waals surface area contributed by atoms with E-state index in [1.807, 2.05) is 6.92 Å². The third kappa shape index (κ3) is 5.35. The second-order valence-electron chi connectivity index (χ2n) is 4.82. The van der Waals surface area contributed by atoms with Crippen molar-refractivity contribution in [3.8, 4) is 5.88 Å². The predicted molar refractivity (Wildman–Crippen MR) is 69.6 cm³/mol. The number of nitrogens with zero attached hydrogens (tertiary/aromatic N) is 2. The summed E-state index contributed by atoms with van der Waals surface area (Å²) in [6.07, 6.45) is -1.48. The molecule has 10 heteroatoms. The number of hydrogen-bond acceptors (Lipinski definition) is 5. The third-order valence-electron chi connectivity index (χ3n) is 2.77. The van der Waals surface area contributed by atoms with Gasteiger partial charge in [0.15, 0.2) is 12.4 Å². The maximum atomic E-state index is 12.0. The van der Waals surface area contributed by atoms with Crippen molar-refractivity contribution in [3.63, 3.8) is 0 Å². The molecule has 0 bridgehead atoms. The molecule has 0 aromatic carbocycles. The van der Waals surface area contributed by atoms with Crippen LogP contribution >= 0.6 is 0 Å². The predicted octanol–water partition coefficient (Wildman–Crippen LogP) is 1.72. The van der Waals surface area contributed by atoms with Gasteiger partial charge >= 0.3 is 12.2 Å². The Morgan fingerprint density at radius 3 is 2.91 bits per heavy atom. The van der Waals surface area contributed by atoms with Gasteiger partial charge in [0.05, 0.1) is 31.1 Å². The molecular weight excluding hydrogens is 305 g/mol. The number of aromatic nitrogens is 2. The molecule has 2 N–H and O–H groups in total. The topological polar surface area (TPSA) is 85.4 Å². The SMILES string of the molecule is CC1CC(NC(=O)Nc2cncc(OCC(F)(F)F)n2)CO1. The highest BCUT2D eigenvalue weighted by molar-refractivity contribution is 5.88. The van der Waals surface area contributed by atoms with E-state index in [9.17, 15) is 18.0 Å². The van der Waals surface area contributed by atoms with Gasteiger partial charge in [-0.1, -0.05) is 0 Å². The van der Waals surface area contributed by atoms with E-state index in [4.69, 9.17) is 4.74 Å². The first-order chi connectivity index (χ1) is 10.3. The summed E-state index contributed by atoms with van der Waals surface area (Å²) in [5.41, 5.74) is 0. The molecule has 1 fully saturated rings. The first-order valence-electron chi connectivity index (χ1n) is 6.52. The van der Waals surface area contributed by atoms with Crippen LogP contribution in [0.5, 0.6) is 5.88 Å². The Balaban J connectivity index is 1.85. The van der Waals surface area contributed by atoms with E-state index in [-0.39, 0.29) is 23.8 Å². The van der Waals surface area contributed by atoms with Gasteiger partial charge in [0, 0.05) is 0 Å². The van der Waals surface area contributed by atoms with Crippen molar-refractivity contribution in [1.82, 2.24) is 15.3 Å². The number of nitrogens with one attached hydrogen (secondary N) is 2. The molecule has 1 aromatic rings. The average Bonchev–Trinajstić information content (AvgIpc) is 2.81. The molecule has 2 atom stereocenters. The molecule has 2 heterocycles. The van der Waals surface area contributed by atoms with Crippen molar-refractivity contribution >= 4 is 11.8 Å². The number of amides is 2. The summed E-state index contributed by atoms with van der Waals surface area (Å²) in [7, 11) is 0. The lowest BCUT2D eigenvalue weighted by molar-refractivity contribution is -0.154. The van der Waals surface area contributed by atoms with Crippen LogP contribution in [-0.2, 0) is 4.74 Å². The minimum atomic E-state index is -4.47. The molecule has 1 saturated heterocycles. The van der Waals surface area contributed by atoms with E-state index in [0.29, 0.717) is 13.0 Å². The van der Waals surface area contributed by atoms with Crippen LogP contribution in [0.15, 0.2) is 12.4 Å². The molecule has 0 aliphatic carbocycles. The number of urea groups is 1. The summed E-state index contributed by atoms with van der Waals surface area (Å²) >= 11 is 0. The number of carbonyl (C=O) groups is 1. The number of rotatable bonds is 4. The quantitative estimate of drug-likeness (QED) is 0.882. The summed E-state index contributed by atoms with van der Waals surface area (Å²) in [4.78, 5) is 19.1. The van der Waals surface area contributed by atoms with Crippen LogP contribution in [0.2, 0.25) is 0 Å². The Kier molecular flexibility index (Phi) is 5.01. The van der Waals surface area contributed by atoms with Crippen molar-refractivity contribution in [2.45, 2.75) is 31.7 Å². The van der Waals surface area contributed by atoms with Gasteiger partial charge in [-0.2, -0.15) is 18.2 Å². The highest BCUT2D eigenvalue weighted by atomic mass is 19.4. The first kappa shape index (κ1) is 16.3. The Morgan fingerprint density at radius 1 is 1.50 bits per heavy atom. The maximum Gasteiger partial charge on any atom is 0.422 e. The summed E-state index contributed by atoms with van der Waals surface area (Å²) in [6, 6.07) is -0.655. The van der Waals surface area contributed by atoms with Gasteiger partial charge in [0.25, 0.3) is 0 Å². The number of carbonyl (C=O) groups excluding carboxylic acids is 1. The number of ether oxygens (including phenoxy) is 2. The van der Waals surface area contributed by atoms with Crippen LogP contribution in [0, 0.1) is 0 Å². The number of hydrogen-bond donors (Lipinski definition) is 2. The van der Waals surface area contributed by atoms with Crippen molar-refractivity contribution in [1.29, 1.82) is 0 Å². The van der Waals surface area contributed by atoms with E-state index in [1.165, 1.54) is 6.20 Å². The lowest BCUT2D eigenvalue weighted by Crippen LogP contribution is -2.38. The van der Waals surface area contributed by atoms with Crippen LogP contribution in [0.3, 0.4) is 0 Å². The fourth-order valence-corrected chi connectivity index (χ4v) is 1.89. The highest BCUT2D eigenvalue weighted by Gasteiger charge is 2.29. The molecule has 1 aliphatic heterocycles. The van der Waals surface area contributed by atoms with Gasteiger partial charge < -0.3 is 14.8 Å². The summed E-state index contributed by atoms with van der Waals surface area (Å²) in [6.45, 7) is 0.830. The van der Waals surface area contributed by atoms with Gasteiger partial charge in [-0.05, 0) is 13.3 Å². The second-order valence-corrected chi connectivity index (χ2v) is 4.82. The first-order valence-corrected chi connectivity index (χ1v) is 6.52. The zero-order valence-corrected chi connectivity index (χ0v) is 11.7. The molecule has 0 saturated carbocycles. The van der Waals surface area contributed by atoms with Crippen LogP contribution in [0.4, 0.5) is 23.8 Å². The summed E-state index contributed by atoms with van der Waals surface area (Å²) < 4.78 is 45.9. The minimum Gasteiger partial charge on any atom is -0.467 e. The fraction of sp³-hybridized carbons (Fsp3) is 0.583. The summed E-state index contributed by atoms with van der Waals surface area (Å²) in [5.74, 6) is -0.336. The highest BCUT2D eigenvalue weighted by Crippen LogP contribution is 2.17. The third-order valence-corrected chi connectivity index (χ3v) is 2.77. The molecule has 0 radical (unpaired) electrons. The maximum absolute atomic E-state index is 12.0. The number of halogens is 3. The number of anilines is 1. The van der Waals surface area contributed by atoms with Crippen molar-refractivity contribution in [3.05, 3.63) is 12.4 Å². The molecule has 2 rings (SSSR count). The van der Waals surface area contributed by atoms with Gasteiger partial charge in [-0.3, -0.25) is 10.3 Å². The molecule has 2 unspecified atom stereocenters. The minimum absolute atomic E-state index is 0.0101. The largest absolute Gasteiger partial charge is 0.467 e. The standard InChI is InChI=1S/C12H15F3N4O3/c1-7-2-8(5-21-7)17-11(20)19-9-3-16-4-10(18-9)22-6-12(13,14)15/h3-4,7-8H,2,5-6H2,1H3,(H2,17,18,19,20). The smallest absolute Gasteiger partial charge is 0.422 e. The normalized spacial score (nSPS) is 21.5. The van der Waals surface area contributed by atoms with Crippen LogP contribution in [0.1, 0.15) is 13.3 Å². The molecule has 2 amide bonds. The zero-order chi connectivity index (χ0) is 16.2. The Bertz CT molecular complexity index is 527. The van der Waals surface area contributed by atoms with Crippen LogP contribution in [0.25, 0.3) is 0 Å². The van der Waals surface area contributed by atoms with Crippen molar-refractivity contribution in [2.24, 2.45) is 0 Å². The van der Waals surface area contributed by atoms with Crippen molar-refractivity contribution < 1.29 is 27.4 Å². The monoisotopic (exact) mass is 320 g/mol. The van der Waals surface area contributed by atoms with E-state index in [2.05, 4.69) is 25.3 Å². The zero-order valence-electron chi connectivity index (χ0n) is 11.7. The molecule has 22 heavy (non-hydrogen) atoms. The van der Waals surface area contributed by atoms with Crippen molar-refractivity contribution in [2.75, 3.05) is 18.5 Å². The van der Waals surface area contributed by atoms with Gasteiger partial charge in [0.2, 0.25) is 5.88 Å². The lowest BCUT2D eigenvalue weighted by Gasteiger charge is -2.12. The lowest BCUT2D eigenvalue weighted by atomic mass is 10.2. The molecule has 122 valence electrons. The summed E-state index contributed by atoms with van der Waals surface area (Å²) in [5, 5.41) is 5.05. The van der Waals surface area contributed by atoms with Crippen LogP contribution in [-0.4, -0.2) is 47.5 Å². The average molecular weight is 320 g/mol. The molecule has 1 aliphatic rings. The van der Waals surface area contributed by atoms with Gasteiger partial charge in [0.1, 0.15) is 0 Å². The Labute approximate surface area is 124 Å². The Hall–Kier alpha value is -2.10.